The lowest BCUT2D eigenvalue weighted by Crippen LogP contribution is -2.56. The van der Waals surface area contributed by atoms with Crippen molar-refractivity contribution in [2.24, 2.45) is 5.41 Å². The third-order valence-electron chi connectivity index (χ3n) is 7.50. The zero-order chi connectivity index (χ0) is 30.3. The van der Waals surface area contributed by atoms with Gasteiger partial charge in [0.15, 0.2) is 0 Å². The van der Waals surface area contributed by atoms with Gasteiger partial charge in [0.05, 0.1) is 18.2 Å². The van der Waals surface area contributed by atoms with E-state index < -0.39 is 29.4 Å². The Morgan fingerprint density at radius 2 is 1.68 bits per heavy atom. The smallest absolute Gasteiger partial charge is 0.410 e. The van der Waals surface area contributed by atoms with E-state index in [1.165, 1.54) is 0 Å². The highest BCUT2D eigenvalue weighted by atomic mass is 35.5. The maximum Gasteiger partial charge on any atom is 0.410 e. The van der Waals surface area contributed by atoms with Crippen LogP contribution < -0.4 is 5.32 Å². The van der Waals surface area contributed by atoms with Gasteiger partial charge in [0, 0.05) is 23.0 Å². The van der Waals surface area contributed by atoms with Crippen molar-refractivity contribution >= 4 is 41.2 Å². The predicted molar refractivity (Wildman–Crippen MR) is 159 cm³/mol. The van der Waals surface area contributed by atoms with Gasteiger partial charge >= 0.3 is 12.1 Å². The first-order valence-electron chi connectivity index (χ1n) is 13.9. The fraction of sp³-hybridized carbons (Fsp3) is 0.516. The number of hydrogen-bond acceptors (Lipinski definition) is 5. The standard InChI is InChI=1S/C31H39Cl2N3O5/c1-29(2,3)12-11-24(19-7-9-20(10-8-19)27(38)39)36-26(37)25(21-15-22(32)17-23(33)16-21)34-31(36)13-14-35(18-31)28(40)41-30(4,5)6/h7-10,15-17,24-25,34H,11-14,18H2,1-6H3,(H,38,39)/t24-,25?,31?/m1/s1. The van der Waals surface area contributed by atoms with Crippen LogP contribution in [0.5, 0.6) is 0 Å². The summed E-state index contributed by atoms with van der Waals surface area (Å²) in [6.45, 7) is 12.5. The van der Waals surface area contributed by atoms with E-state index >= 15 is 0 Å². The van der Waals surface area contributed by atoms with Crippen molar-refractivity contribution in [1.82, 2.24) is 15.1 Å². The third-order valence-corrected chi connectivity index (χ3v) is 7.93. The Labute approximate surface area is 251 Å². The molecule has 41 heavy (non-hydrogen) atoms. The van der Waals surface area contributed by atoms with E-state index in [1.54, 1.807) is 47.4 Å². The van der Waals surface area contributed by atoms with E-state index in [0.29, 0.717) is 35.0 Å². The van der Waals surface area contributed by atoms with E-state index in [0.717, 1.165) is 12.0 Å². The molecule has 2 saturated heterocycles. The molecule has 2 aliphatic rings. The zero-order valence-electron chi connectivity index (χ0n) is 24.5. The molecule has 222 valence electrons. The third kappa shape index (κ3) is 7.16. The van der Waals surface area contributed by atoms with Crippen molar-refractivity contribution in [2.45, 2.75) is 84.2 Å². The van der Waals surface area contributed by atoms with E-state index in [4.69, 9.17) is 27.9 Å². The van der Waals surface area contributed by atoms with Gasteiger partial charge in [-0.2, -0.15) is 0 Å². The number of aromatic carboxylic acids is 1. The number of rotatable bonds is 6. The fourth-order valence-electron chi connectivity index (χ4n) is 5.62. The summed E-state index contributed by atoms with van der Waals surface area (Å²) in [5.74, 6) is -1.17. The Kier molecular flexibility index (Phi) is 8.70. The first kappa shape index (κ1) is 31.1. The van der Waals surface area contributed by atoms with Crippen LogP contribution in [0.1, 0.15) is 94.4 Å². The molecule has 0 aromatic heterocycles. The number of hydrogen-bond donors (Lipinski definition) is 2. The summed E-state index contributed by atoms with van der Waals surface area (Å²) in [7, 11) is 0. The number of carboxylic acids is 1. The maximum absolute atomic E-state index is 14.5. The number of carbonyl (C=O) groups is 3. The highest BCUT2D eigenvalue weighted by Crippen LogP contribution is 2.45. The molecule has 2 aliphatic heterocycles. The molecule has 2 N–H and O–H groups in total. The van der Waals surface area contributed by atoms with E-state index in [9.17, 15) is 19.5 Å². The summed E-state index contributed by atoms with van der Waals surface area (Å²) in [6.07, 6.45) is 1.50. The minimum atomic E-state index is -1.01. The number of benzene rings is 2. The number of ether oxygens (including phenoxy) is 1. The van der Waals surface area contributed by atoms with Gasteiger partial charge < -0.3 is 19.6 Å². The molecule has 0 radical (unpaired) electrons. The van der Waals surface area contributed by atoms with Crippen molar-refractivity contribution < 1.29 is 24.2 Å². The molecule has 2 aromatic carbocycles. The molecular weight excluding hydrogens is 565 g/mol. The monoisotopic (exact) mass is 603 g/mol. The second-order valence-corrected chi connectivity index (χ2v) is 14.1. The molecule has 3 atom stereocenters. The summed E-state index contributed by atoms with van der Waals surface area (Å²) in [5, 5.41) is 13.9. The Morgan fingerprint density at radius 3 is 2.22 bits per heavy atom. The number of carboxylic acid groups (broad SMARTS) is 1. The van der Waals surface area contributed by atoms with Crippen LogP contribution in [-0.2, 0) is 9.53 Å². The summed E-state index contributed by atoms with van der Waals surface area (Å²) in [6, 6.07) is 10.7. The van der Waals surface area contributed by atoms with Gasteiger partial charge in [-0.25, -0.2) is 9.59 Å². The first-order valence-corrected chi connectivity index (χ1v) is 14.6. The molecule has 1 spiro atoms. The summed E-state index contributed by atoms with van der Waals surface area (Å²) in [4.78, 5) is 42.6. The van der Waals surface area contributed by atoms with E-state index in [1.807, 2.05) is 25.7 Å². The van der Waals surface area contributed by atoms with Gasteiger partial charge in [-0.15, -0.1) is 0 Å². The van der Waals surface area contributed by atoms with Crippen molar-refractivity contribution in [3.8, 4) is 0 Å². The second-order valence-electron chi connectivity index (χ2n) is 13.2. The number of carbonyl (C=O) groups excluding carboxylic acids is 2. The molecule has 10 heteroatoms. The Bertz CT molecular complexity index is 1300. The topological polar surface area (TPSA) is 99.2 Å². The van der Waals surface area contributed by atoms with E-state index in [-0.39, 0.29) is 29.5 Å². The molecule has 2 amide bonds. The van der Waals surface area contributed by atoms with Gasteiger partial charge in [0.2, 0.25) is 5.91 Å². The van der Waals surface area contributed by atoms with Crippen molar-refractivity contribution in [2.75, 3.05) is 13.1 Å². The molecule has 4 rings (SSSR count). The number of nitrogens with zero attached hydrogens (tertiary/aromatic N) is 2. The molecule has 2 unspecified atom stereocenters. The van der Waals surface area contributed by atoms with Gasteiger partial charge in [-0.1, -0.05) is 56.1 Å². The minimum absolute atomic E-state index is 0.0132. The van der Waals surface area contributed by atoms with Crippen molar-refractivity contribution in [3.63, 3.8) is 0 Å². The Morgan fingerprint density at radius 1 is 1.07 bits per heavy atom. The number of nitrogens with one attached hydrogen (secondary N) is 1. The van der Waals surface area contributed by atoms with Crippen molar-refractivity contribution in [1.29, 1.82) is 0 Å². The van der Waals surface area contributed by atoms with Crippen LogP contribution >= 0.6 is 23.2 Å². The molecular formula is C31H39Cl2N3O5. The van der Waals surface area contributed by atoms with Crippen LogP contribution in [0.3, 0.4) is 0 Å². The highest BCUT2D eigenvalue weighted by Gasteiger charge is 2.57. The van der Waals surface area contributed by atoms with Crippen LogP contribution in [0, 0.1) is 5.41 Å². The zero-order valence-corrected chi connectivity index (χ0v) is 26.0. The average molecular weight is 605 g/mol. The van der Waals surface area contributed by atoms with Crippen LogP contribution in [0.4, 0.5) is 4.79 Å². The Hall–Kier alpha value is -2.81. The number of amides is 2. The van der Waals surface area contributed by atoms with Gasteiger partial charge in [0.25, 0.3) is 0 Å². The van der Waals surface area contributed by atoms with Crippen LogP contribution in [0.2, 0.25) is 10.0 Å². The van der Waals surface area contributed by atoms with E-state index in [2.05, 4.69) is 26.1 Å². The molecule has 0 aliphatic carbocycles. The molecule has 2 heterocycles. The number of likely N-dealkylation sites (tertiary alicyclic amines) is 1. The summed E-state index contributed by atoms with van der Waals surface area (Å²) >= 11 is 12.7. The highest BCUT2D eigenvalue weighted by molar-refractivity contribution is 6.34. The van der Waals surface area contributed by atoms with Crippen molar-refractivity contribution in [3.05, 3.63) is 69.2 Å². The average Bonchev–Trinajstić information content (AvgIpc) is 3.39. The summed E-state index contributed by atoms with van der Waals surface area (Å²) in [5.41, 5.74) is 0.0805. The van der Waals surface area contributed by atoms with Crippen LogP contribution in [0.25, 0.3) is 0 Å². The lowest BCUT2D eigenvalue weighted by Gasteiger charge is -2.41. The molecule has 2 aromatic rings. The lowest BCUT2D eigenvalue weighted by atomic mass is 9.85. The fourth-order valence-corrected chi connectivity index (χ4v) is 6.17. The first-order chi connectivity index (χ1) is 19.0. The lowest BCUT2D eigenvalue weighted by molar-refractivity contribution is -0.135. The number of halogens is 2. The van der Waals surface area contributed by atoms with Crippen LogP contribution in [-0.4, -0.2) is 57.2 Å². The maximum atomic E-state index is 14.5. The largest absolute Gasteiger partial charge is 0.478 e. The molecule has 8 nitrogen and oxygen atoms in total. The van der Waals surface area contributed by atoms with Gasteiger partial charge in [-0.05, 0) is 80.5 Å². The SMILES string of the molecule is CC(C)(C)CC[C@H](c1ccc(C(=O)O)cc1)N1C(=O)C(c2cc(Cl)cc(Cl)c2)NC12CCN(C(=O)OC(C)(C)C)C2. The quantitative estimate of drug-likeness (QED) is 0.366. The Balaban J connectivity index is 1.79. The normalized spacial score (nSPS) is 22.0. The van der Waals surface area contributed by atoms with Gasteiger partial charge in [0.1, 0.15) is 17.3 Å². The predicted octanol–water partition coefficient (Wildman–Crippen LogP) is 7.07. The molecule has 0 saturated carbocycles. The molecule has 0 bridgehead atoms. The van der Waals surface area contributed by atoms with Crippen LogP contribution in [0.15, 0.2) is 42.5 Å². The summed E-state index contributed by atoms with van der Waals surface area (Å²) < 4.78 is 5.67. The second kappa shape index (κ2) is 11.5. The molecule has 2 fully saturated rings. The minimum Gasteiger partial charge on any atom is -0.478 e. The van der Waals surface area contributed by atoms with Gasteiger partial charge in [-0.3, -0.25) is 10.1 Å².